The fourth-order valence-electron chi connectivity index (χ4n) is 2.24. The van der Waals surface area contributed by atoms with E-state index in [2.05, 4.69) is 36.5 Å². The molecule has 0 saturated heterocycles. The summed E-state index contributed by atoms with van der Waals surface area (Å²) in [4.78, 5) is 0. The van der Waals surface area contributed by atoms with Crippen molar-refractivity contribution >= 4 is 0 Å². The molecule has 1 atom stereocenters. The number of hydrogen-bond donors (Lipinski definition) is 1. The number of ether oxygens (including phenoxy) is 1. The van der Waals surface area contributed by atoms with Crippen molar-refractivity contribution in [3.8, 4) is 0 Å². The number of rotatable bonds is 7. The molecule has 0 aliphatic heterocycles. The van der Waals surface area contributed by atoms with Gasteiger partial charge in [-0.15, -0.1) is 0 Å². The van der Waals surface area contributed by atoms with E-state index in [-0.39, 0.29) is 0 Å². The van der Waals surface area contributed by atoms with Gasteiger partial charge in [0.25, 0.3) is 0 Å². The lowest BCUT2D eigenvalue weighted by Gasteiger charge is -2.14. The Morgan fingerprint density at radius 2 is 2.12 bits per heavy atom. The van der Waals surface area contributed by atoms with E-state index in [0.29, 0.717) is 6.10 Å². The van der Waals surface area contributed by atoms with Gasteiger partial charge in [0.05, 0.1) is 6.10 Å². The third-order valence-corrected chi connectivity index (χ3v) is 3.27. The molecule has 17 heavy (non-hydrogen) atoms. The van der Waals surface area contributed by atoms with Crippen LogP contribution in [0.25, 0.3) is 0 Å². The maximum absolute atomic E-state index is 5.51. The summed E-state index contributed by atoms with van der Waals surface area (Å²) in [6, 6.07) is 8.81. The van der Waals surface area contributed by atoms with Crippen molar-refractivity contribution in [1.82, 2.24) is 5.32 Å². The molecular formula is C15H23NO. The zero-order chi connectivity index (χ0) is 12.1. The van der Waals surface area contributed by atoms with Crippen molar-refractivity contribution in [3.05, 3.63) is 35.4 Å². The largest absolute Gasteiger partial charge is 0.377 e. The standard InChI is InChI=1S/C15H23NO/c1-3-17-12(2)10-16-11-14-6-4-5-7-15(14)13-8-9-13/h4-7,12-13,16H,3,8-11H2,1-2H3. The molecule has 1 N–H and O–H groups in total. The third-order valence-electron chi connectivity index (χ3n) is 3.27. The van der Waals surface area contributed by atoms with E-state index in [1.165, 1.54) is 18.4 Å². The summed E-state index contributed by atoms with van der Waals surface area (Å²) >= 11 is 0. The summed E-state index contributed by atoms with van der Waals surface area (Å²) in [7, 11) is 0. The van der Waals surface area contributed by atoms with Gasteiger partial charge in [0.15, 0.2) is 0 Å². The van der Waals surface area contributed by atoms with Gasteiger partial charge in [0.2, 0.25) is 0 Å². The molecule has 1 aliphatic rings. The lowest BCUT2D eigenvalue weighted by Crippen LogP contribution is -2.26. The van der Waals surface area contributed by atoms with Crippen LogP contribution < -0.4 is 5.32 Å². The van der Waals surface area contributed by atoms with Gasteiger partial charge in [0, 0.05) is 19.7 Å². The minimum atomic E-state index is 0.299. The average molecular weight is 233 g/mol. The molecule has 1 aliphatic carbocycles. The quantitative estimate of drug-likeness (QED) is 0.781. The van der Waals surface area contributed by atoms with Crippen LogP contribution in [0.2, 0.25) is 0 Å². The Balaban J connectivity index is 1.82. The minimum absolute atomic E-state index is 0.299. The van der Waals surface area contributed by atoms with Crippen molar-refractivity contribution < 1.29 is 4.74 Å². The monoisotopic (exact) mass is 233 g/mol. The van der Waals surface area contributed by atoms with Crippen LogP contribution in [0.3, 0.4) is 0 Å². The van der Waals surface area contributed by atoms with Crippen molar-refractivity contribution in [2.24, 2.45) is 0 Å². The van der Waals surface area contributed by atoms with E-state index in [4.69, 9.17) is 4.74 Å². The first-order chi connectivity index (χ1) is 8.31. The van der Waals surface area contributed by atoms with Gasteiger partial charge in [-0.05, 0) is 43.7 Å². The highest BCUT2D eigenvalue weighted by molar-refractivity contribution is 5.33. The Bertz CT molecular complexity index is 347. The van der Waals surface area contributed by atoms with E-state index in [0.717, 1.165) is 25.6 Å². The van der Waals surface area contributed by atoms with E-state index < -0.39 is 0 Å². The predicted octanol–water partition coefficient (Wildman–Crippen LogP) is 3.08. The molecule has 2 nitrogen and oxygen atoms in total. The molecule has 1 saturated carbocycles. The highest BCUT2D eigenvalue weighted by atomic mass is 16.5. The van der Waals surface area contributed by atoms with Crippen LogP contribution in [0, 0.1) is 0 Å². The lowest BCUT2D eigenvalue weighted by molar-refractivity contribution is 0.0759. The van der Waals surface area contributed by atoms with Gasteiger partial charge >= 0.3 is 0 Å². The molecule has 1 aromatic rings. The Hall–Kier alpha value is -0.860. The smallest absolute Gasteiger partial charge is 0.0671 e. The topological polar surface area (TPSA) is 21.3 Å². The summed E-state index contributed by atoms with van der Waals surface area (Å²) in [6.45, 7) is 6.83. The van der Waals surface area contributed by atoms with Crippen LogP contribution in [0.4, 0.5) is 0 Å². The molecule has 0 spiro atoms. The van der Waals surface area contributed by atoms with Crippen LogP contribution in [0.15, 0.2) is 24.3 Å². The Labute approximate surface area is 104 Å². The highest BCUT2D eigenvalue weighted by Gasteiger charge is 2.25. The fraction of sp³-hybridized carbons (Fsp3) is 0.600. The first kappa shape index (κ1) is 12.6. The van der Waals surface area contributed by atoms with Gasteiger partial charge in [-0.3, -0.25) is 0 Å². The Kier molecular flexibility index (Phi) is 4.57. The summed E-state index contributed by atoms with van der Waals surface area (Å²) in [5, 5.41) is 3.48. The summed E-state index contributed by atoms with van der Waals surface area (Å²) in [5.41, 5.74) is 3.00. The van der Waals surface area contributed by atoms with E-state index in [1.807, 2.05) is 6.92 Å². The lowest BCUT2D eigenvalue weighted by atomic mass is 10.0. The summed E-state index contributed by atoms with van der Waals surface area (Å²) in [6.07, 6.45) is 3.03. The first-order valence-corrected chi connectivity index (χ1v) is 6.71. The van der Waals surface area contributed by atoms with Crippen LogP contribution in [0.5, 0.6) is 0 Å². The molecule has 2 heteroatoms. The zero-order valence-corrected chi connectivity index (χ0v) is 10.9. The molecule has 94 valence electrons. The van der Waals surface area contributed by atoms with Gasteiger partial charge < -0.3 is 10.1 Å². The SMILES string of the molecule is CCOC(C)CNCc1ccccc1C1CC1. The van der Waals surface area contributed by atoms with Gasteiger partial charge in [-0.25, -0.2) is 0 Å². The van der Waals surface area contributed by atoms with Crippen LogP contribution in [-0.4, -0.2) is 19.3 Å². The van der Waals surface area contributed by atoms with Crippen molar-refractivity contribution in [2.75, 3.05) is 13.2 Å². The first-order valence-electron chi connectivity index (χ1n) is 6.71. The second-order valence-corrected chi connectivity index (χ2v) is 4.87. The Morgan fingerprint density at radius 3 is 2.82 bits per heavy atom. The van der Waals surface area contributed by atoms with E-state index in [9.17, 15) is 0 Å². The zero-order valence-electron chi connectivity index (χ0n) is 10.9. The molecule has 1 unspecified atom stereocenters. The molecule has 0 heterocycles. The number of hydrogen-bond acceptors (Lipinski definition) is 2. The number of nitrogens with one attached hydrogen (secondary N) is 1. The maximum Gasteiger partial charge on any atom is 0.0671 e. The molecule has 1 fully saturated rings. The predicted molar refractivity (Wildman–Crippen MR) is 71.2 cm³/mol. The number of benzene rings is 1. The second-order valence-electron chi connectivity index (χ2n) is 4.87. The molecular weight excluding hydrogens is 210 g/mol. The normalized spacial score (nSPS) is 17.1. The molecule has 0 bridgehead atoms. The van der Waals surface area contributed by atoms with Crippen LogP contribution >= 0.6 is 0 Å². The van der Waals surface area contributed by atoms with Crippen LogP contribution in [-0.2, 0) is 11.3 Å². The van der Waals surface area contributed by atoms with E-state index in [1.54, 1.807) is 5.56 Å². The summed E-state index contributed by atoms with van der Waals surface area (Å²) in [5.74, 6) is 0.831. The fourth-order valence-corrected chi connectivity index (χ4v) is 2.24. The van der Waals surface area contributed by atoms with Crippen LogP contribution in [0.1, 0.15) is 43.7 Å². The maximum atomic E-state index is 5.51. The second kappa shape index (κ2) is 6.18. The van der Waals surface area contributed by atoms with Gasteiger partial charge in [-0.1, -0.05) is 24.3 Å². The molecule has 0 radical (unpaired) electrons. The van der Waals surface area contributed by atoms with Gasteiger partial charge in [-0.2, -0.15) is 0 Å². The van der Waals surface area contributed by atoms with E-state index >= 15 is 0 Å². The third kappa shape index (κ3) is 3.83. The highest BCUT2D eigenvalue weighted by Crippen LogP contribution is 2.41. The van der Waals surface area contributed by atoms with Gasteiger partial charge in [0.1, 0.15) is 0 Å². The van der Waals surface area contributed by atoms with Crippen molar-refractivity contribution in [3.63, 3.8) is 0 Å². The van der Waals surface area contributed by atoms with Crippen molar-refractivity contribution in [1.29, 1.82) is 0 Å². The molecule has 0 amide bonds. The summed E-state index contributed by atoms with van der Waals surface area (Å²) < 4.78 is 5.51. The molecule has 0 aromatic heterocycles. The minimum Gasteiger partial charge on any atom is -0.377 e. The Morgan fingerprint density at radius 1 is 1.35 bits per heavy atom. The average Bonchev–Trinajstić information content (AvgIpc) is 3.14. The van der Waals surface area contributed by atoms with Crippen molar-refractivity contribution in [2.45, 2.75) is 45.3 Å². The molecule has 1 aromatic carbocycles. The molecule has 2 rings (SSSR count).